The van der Waals surface area contributed by atoms with Crippen molar-refractivity contribution in [3.8, 4) is 0 Å². The number of anilines is 2. The third kappa shape index (κ3) is 4.17. The number of ether oxygens (including phenoxy) is 1. The van der Waals surface area contributed by atoms with Gasteiger partial charge in [0.2, 0.25) is 0 Å². The van der Waals surface area contributed by atoms with E-state index in [1.165, 1.54) is 0 Å². The van der Waals surface area contributed by atoms with Gasteiger partial charge in [0, 0.05) is 50.6 Å². The molecule has 0 unspecified atom stereocenters. The molecule has 0 spiro atoms. The van der Waals surface area contributed by atoms with Gasteiger partial charge in [0.1, 0.15) is 0 Å². The van der Waals surface area contributed by atoms with Crippen LogP contribution in [0.1, 0.15) is 10.5 Å². The van der Waals surface area contributed by atoms with Crippen molar-refractivity contribution in [1.82, 2.24) is 15.5 Å². The smallest absolute Gasteiger partial charge is 0.272 e. The fraction of sp³-hybridized carbons (Fsp3) is 0.318. The number of amides is 1. The molecule has 1 aromatic heterocycles. The lowest BCUT2D eigenvalue weighted by atomic mass is 10.1. The number of rotatable bonds is 6. The van der Waals surface area contributed by atoms with Gasteiger partial charge in [0.25, 0.3) is 5.91 Å². The van der Waals surface area contributed by atoms with Gasteiger partial charge in [-0.3, -0.25) is 4.79 Å². The zero-order chi connectivity index (χ0) is 20.9. The first-order valence-electron chi connectivity index (χ1n) is 9.96. The molecule has 3 aromatic rings. The maximum atomic E-state index is 12.6. The van der Waals surface area contributed by atoms with Gasteiger partial charge in [0.05, 0.1) is 17.3 Å². The van der Waals surface area contributed by atoms with Gasteiger partial charge in [-0.2, -0.15) is 0 Å². The predicted octanol–water partition coefficient (Wildman–Crippen LogP) is 2.99. The Morgan fingerprint density at radius 2 is 1.67 bits per heavy atom. The Morgan fingerprint density at radius 3 is 2.40 bits per heavy atom. The van der Waals surface area contributed by atoms with E-state index >= 15 is 0 Å². The largest absolute Gasteiger partial charge is 0.383 e. The number of hydrogen-bond donors (Lipinski definition) is 1. The van der Waals surface area contributed by atoms with Gasteiger partial charge in [-0.15, -0.1) is 10.2 Å². The minimum atomic E-state index is -0.245. The molecule has 1 saturated heterocycles. The summed E-state index contributed by atoms with van der Waals surface area (Å²) in [6, 6.07) is 15.7. The monoisotopic (exact) mass is 425 g/mol. The van der Waals surface area contributed by atoms with Crippen molar-refractivity contribution in [3.05, 3.63) is 59.2 Å². The molecule has 1 amide bonds. The molecular weight excluding hydrogens is 402 g/mol. The van der Waals surface area contributed by atoms with Crippen LogP contribution in [-0.4, -0.2) is 62.5 Å². The average Bonchev–Trinajstić information content (AvgIpc) is 2.79. The summed E-state index contributed by atoms with van der Waals surface area (Å²) in [5, 5.41) is 14.0. The molecule has 4 rings (SSSR count). The van der Waals surface area contributed by atoms with Crippen molar-refractivity contribution < 1.29 is 9.53 Å². The summed E-state index contributed by atoms with van der Waals surface area (Å²) < 4.78 is 4.99. The summed E-state index contributed by atoms with van der Waals surface area (Å²) in [5.74, 6) is 0.559. The highest BCUT2D eigenvalue weighted by Gasteiger charge is 2.23. The molecular formula is C22H24ClN5O2. The molecule has 1 aliphatic heterocycles. The molecule has 0 aliphatic carbocycles. The molecule has 1 fully saturated rings. The molecule has 0 bridgehead atoms. The van der Waals surface area contributed by atoms with E-state index < -0.39 is 0 Å². The molecule has 156 valence electrons. The van der Waals surface area contributed by atoms with Crippen LogP contribution in [0.3, 0.4) is 0 Å². The van der Waals surface area contributed by atoms with Crippen LogP contribution in [0.5, 0.6) is 0 Å². The number of para-hydroxylation sites is 1. The molecule has 8 heteroatoms. The molecule has 1 aliphatic rings. The van der Waals surface area contributed by atoms with Crippen LogP contribution >= 0.6 is 11.6 Å². The topological polar surface area (TPSA) is 70.6 Å². The number of nitrogens with zero attached hydrogens (tertiary/aromatic N) is 4. The van der Waals surface area contributed by atoms with Crippen molar-refractivity contribution in [2.45, 2.75) is 0 Å². The number of methoxy groups -OCH3 is 1. The first-order chi connectivity index (χ1) is 14.7. The lowest BCUT2D eigenvalue weighted by molar-refractivity contribution is 0.0933. The molecule has 7 nitrogen and oxygen atoms in total. The number of hydrogen-bond acceptors (Lipinski definition) is 6. The van der Waals surface area contributed by atoms with E-state index in [9.17, 15) is 4.79 Å². The number of benzene rings is 2. The molecule has 0 atom stereocenters. The van der Waals surface area contributed by atoms with Crippen LogP contribution in [0, 0.1) is 0 Å². The van der Waals surface area contributed by atoms with Crippen molar-refractivity contribution in [2.24, 2.45) is 0 Å². The summed E-state index contributed by atoms with van der Waals surface area (Å²) in [6.45, 7) is 4.13. The maximum Gasteiger partial charge on any atom is 0.272 e. The summed E-state index contributed by atoms with van der Waals surface area (Å²) in [7, 11) is 1.60. The second-order valence-corrected chi connectivity index (χ2v) is 7.50. The Morgan fingerprint density at radius 1 is 1.00 bits per heavy atom. The van der Waals surface area contributed by atoms with Gasteiger partial charge in [0.15, 0.2) is 11.5 Å². The predicted molar refractivity (Wildman–Crippen MR) is 120 cm³/mol. The first kappa shape index (κ1) is 20.4. The Labute approximate surface area is 180 Å². The quantitative estimate of drug-likeness (QED) is 0.612. The molecule has 1 N–H and O–H groups in total. The van der Waals surface area contributed by atoms with E-state index in [2.05, 4.69) is 25.3 Å². The average molecular weight is 426 g/mol. The van der Waals surface area contributed by atoms with Crippen LogP contribution in [0.4, 0.5) is 11.5 Å². The van der Waals surface area contributed by atoms with Gasteiger partial charge in [-0.1, -0.05) is 48.0 Å². The summed E-state index contributed by atoms with van der Waals surface area (Å²) >= 11 is 6.36. The third-order valence-electron chi connectivity index (χ3n) is 5.25. The van der Waals surface area contributed by atoms with Crippen LogP contribution in [0.25, 0.3) is 10.8 Å². The molecule has 2 heterocycles. The van der Waals surface area contributed by atoms with Crippen LogP contribution in [0.15, 0.2) is 48.5 Å². The van der Waals surface area contributed by atoms with E-state index in [1.54, 1.807) is 7.11 Å². The Hall–Kier alpha value is -2.90. The number of aromatic nitrogens is 2. The summed E-state index contributed by atoms with van der Waals surface area (Å²) in [6.07, 6.45) is 0. The number of carbonyl (C=O) groups is 1. The number of nitrogens with one attached hydrogen (secondary N) is 1. The van der Waals surface area contributed by atoms with Gasteiger partial charge in [-0.05, 0) is 12.1 Å². The van der Waals surface area contributed by atoms with Crippen molar-refractivity contribution in [3.63, 3.8) is 0 Å². The number of carbonyl (C=O) groups excluding carboxylic acids is 1. The highest BCUT2D eigenvalue weighted by molar-refractivity contribution is 6.33. The van der Waals surface area contributed by atoms with Crippen LogP contribution in [-0.2, 0) is 4.74 Å². The van der Waals surface area contributed by atoms with Crippen LogP contribution < -0.4 is 15.1 Å². The fourth-order valence-corrected chi connectivity index (χ4v) is 3.96. The van der Waals surface area contributed by atoms with Gasteiger partial charge >= 0.3 is 0 Å². The summed E-state index contributed by atoms with van der Waals surface area (Å²) in [4.78, 5) is 17.1. The molecule has 0 radical (unpaired) electrons. The Kier molecular flexibility index (Phi) is 6.30. The second kappa shape index (κ2) is 9.28. The zero-order valence-electron chi connectivity index (χ0n) is 16.8. The van der Waals surface area contributed by atoms with Crippen molar-refractivity contribution in [2.75, 3.05) is 56.2 Å². The van der Waals surface area contributed by atoms with Crippen molar-refractivity contribution >= 4 is 39.8 Å². The van der Waals surface area contributed by atoms with E-state index in [0.29, 0.717) is 18.8 Å². The SMILES string of the molecule is COCCNC(=O)c1nnc(N2CCN(c3ccccc3Cl)CC2)c2ccccc12. The van der Waals surface area contributed by atoms with Gasteiger partial charge < -0.3 is 19.9 Å². The first-order valence-corrected chi connectivity index (χ1v) is 10.3. The molecule has 0 saturated carbocycles. The Bertz CT molecular complexity index is 1040. The lowest BCUT2D eigenvalue weighted by Gasteiger charge is -2.37. The standard InChI is InChI=1S/C22H24ClN5O2/c1-30-15-10-24-22(29)20-16-6-2-3-7-17(16)21(26-25-20)28-13-11-27(12-14-28)19-9-5-4-8-18(19)23/h2-9H,10-15H2,1H3,(H,24,29). The normalized spacial score (nSPS) is 14.2. The number of piperazine rings is 1. The number of halogens is 1. The molecule has 2 aromatic carbocycles. The van der Waals surface area contributed by atoms with Crippen LogP contribution in [0.2, 0.25) is 5.02 Å². The van der Waals surface area contributed by atoms with E-state index in [4.69, 9.17) is 16.3 Å². The maximum absolute atomic E-state index is 12.6. The van der Waals surface area contributed by atoms with E-state index in [-0.39, 0.29) is 5.91 Å². The lowest BCUT2D eigenvalue weighted by Crippen LogP contribution is -2.47. The highest BCUT2D eigenvalue weighted by atomic mass is 35.5. The minimum absolute atomic E-state index is 0.245. The van der Waals surface area contributed by atoms with E-state index in [0.717, 1.165) is 53.5 Å². The number of fused-ring (bicyclic) bond motifs is 1. The Balaban J connectivity index is 1.55. The third-order valence-corrected chi connectivity index (χ3v) is 5.57. The molecule has 30 heavy (non-hydrogen) atoms. The minimum Gasteiger partial charge on any atom is -0.383 e. The zero-order valence-corrected chi connectivity index (χ0v) is 17.6. The highest BCUT2D eigenvalue weighted by Crippen LogP contribution is 2.29. The van der Waals surface area contributed by atoms with Crippen molar-refractivity contribution in [1.29, 1.82) is 0 Å². The fourth-order valence-electron chi connectivity index (χ4n) is 3.71. The second-order valence-electron chi connectivity index (χ2n) is 7.09. The van der Waals surface area contributed by atoms with E-state index in [1.807, 2.05) is 48.5 Å². The van der Waals surface area contributed by atoms with Gasteiger partial charge in [-0.25, -0.2) is 0 Å². The summed E-state index contributed by atoms with van der Waals surface area (Å²) in [5.41, 5.74) is 1.39.